The van der Waals surface area contributed by atoms with Crippen molar-refractivity contribution in [3.63, 3.8) is 0 Å². The molecule has 0 unspecified atom stereocenters. The van der Waals surface area contributed by atoms with Gasteiger partial charge in [-0.05, 0) is 49.2 Å². The number of fused-ring (bicyclic) bond motifs is 1. The third-order valence-electron chi connectivity index (χ3n) is 6.91. The Bertz CT molecular complexity index is 1900. The molecule has 214 valence electrons. The molecule has 3 aromatic heterocycles. The summed E-state index contributed by atoms with van der Waals surface area (Å²) >= 11 is 6.21. The van der Waals surface area contributed by atoms with Gasteiger partial charge in [-0.1, -0.05) is 29.8 Å². The highest BCUT2D eigenvalue weighted by molar-refractivity contribution is 7.90. The third-order valence-corrected chi connectivity index (χ3v) is 8.05. The Hall–Kier alpha value is -4.62. The number of anilines is 1. The maximum atomic E-state index is 13.5. The second kappa shape index (κ2) is 11.0. The molecule has 1 atom stereocenters. The Labute approximate surface area is 246 Å². The number of nitrogen functional groups attached to an aromatic ring is 1. The molecule has 6 rings (SSSR count). The molecule has 0 radical (unpaired) electrons. The van der Waals surface area contributed by atoms with Crippen LogP contribution in [0.4, 0.5) is 5.82 Å². The van der Waals surface area contributed by atoms with E-state index in [9.17, 15) is 13.2 Å². The second-order valence-electron chi connectivity index (χ2n) is 9.86. The van der Waals surface area contributed by atoms with Crippen molar-refractivity contribution in [3.05, 3.63) is 77.8 Å². The highest BCUT2D eigenvalue weighted by atomic mass is 35.5. The van der Waals surface area contributed by atoms with E-state index in [4.69, 9.17) is 27.2 Å². The predicted molar refractivity (Wildman–Crippen MR) is 156 cm³/mol. The van der Waals surface area contributed by atoms with E-state index in [1.165, 1.54) is 6.33 Å². The van der Waals surface area contributed by atoms with Gasteiger partial charge in [-0.25, -0.2) is 33.0 Å². The lowest BCUT2D eigenvalue weighted by Gasteiger charge is -2.33. The van der Waals surface area contributed by atoms with Crippen molar-refractivity contribution in [2.24, 2.45) is 0 Å². The summed E-state index contributed by atoms with van der Waals surface area (Å²) in [5.41, 5.74) is 8.10. The number of sulfone groups is 1. The monoisotopic (exact) mass is 604 g/mol. The number of hydrogen-bond donors (Lipinski definition) is 1. The van der Waals surface area contributed by atoms with Crippen LogP contribution < -0.4 is 10.5 Å². The number of benzene rings is 2. The average Bonchev–Trinajstić information content (AvgIpc) is 3.38. The lowest BCUT2D eigenvalue weighted by molar-refractivity contribution is 0.0668. The standard InChI is InChI=1S/C28H25ClN8O4S/c1-42(39,40)28-31-14-21(29)24(34-28)27(38)36-13-5-6-18(15-36)37-26-22(25(30)32-16-33-26)23(35-37)17-9-11-20(12-10-17)41-19-7-3-2-4-8-19/h2-4,7-12,14,16,18H,5-6,13,15H2,1H3,(H2,30,32,33)/t18-/m0/s1. The molecule has 1 amide bonds. The lowest BCUT2D eigenvalue weighted by Crippen LogP contribution is -2.41. The zero-order valence-electron chi connectivity index (χ0n) is 22.4. The summed E-state index contributed by atoms with van der Waals surface area (Å²) in [6, 6.07) is 16.7. The van der Waals surface area contributed by atoms with Crippen LogP contribution in [0, 0.1) is 0 Å². The quantitative estimate of drug-likeness (QED) is 0.278. The number of hydrogen-bond acceptors (Lipinski definition) is 10. The van der Waals surface area contributed by atoms with Crippen molar-refractivity contribution in [1.82, 2.24) is 34.6 Å². The zero-order chi connectivity index (χ0) is 29.4. The SMILES string of the molecule is CS(=O)(=O)c1ncc(Cl)c(C(=O)N2CCC[C@H](n3nc(-c4ccc(Oc5ccccc5)cc4)c4c(N)ncnc43)C2)n1. The number of nitrogens with zero attached hydrogens (tertiary/aromatic N) is 7. The number of nitrogens with two attached hydrogens (primary N) is 1. The lowest BCUT2D eigenvalue weighted by atomic mass is 10.1. The Balaban J connectivity index is 1.31. The summed E-state index contributed by atoms with van der Waals surface area (Å²) in [5.74, 6) is 1.19. The van der Waals surface area contributed by atoms with E-state index in [1.807, 2.05) is 54.6 Å². The van der Waals surface area contributed by atoms with E-state index < -0.39 is 20.9 Å². The van der Waals surface area contributed by atoms with Gasteiger partial charge >= 0.3 is 0 Å². The Morgan fingerprint density at radius 3 is 2.52 bits per heavy atom. The first-order chi connectivity index (χ1) is 20.2. The number of ether oxygens (including phenoxy) is 1. The van der Waals surface area contributed by atoms with Crippen molar-refractivity contribution in [3.8, 4) is 22.8 Å². The van der Waals surface area contributed by atoms with Crippen LogP contribution in [0.1, 0.15) is 29.4 Å². The van der Waals surface area contributed by atoms with Gasteiger partial charge in [-0.2, -0.15) is 5.10 Å². The molecule has 0 bridgehead atoms. The number of likely N-dealkylation sites (tertiary alicyclic amines) is 1. The van der Waals surface area contributed by atoms with Gasteiger partial charge in [0.05, 0.1) is 22.6 Å². The van der Waals surface area contributed by atoms with Crippen LogP contribution in [0.5, 0.6) is 11.5 Å². The van der Waals surface area contributed by atoms with Gasteiger partial charge in [-0.15, -0.1) is 0 Å². The number of carbonyl (C=O) groups excluding carboxylic acids is 1. The molecule has 1 aliphatic heterocycles. The first kappa shape index (κ1) is 27.5. The molecule has 5 aromatic rings. The van der Waals surface area contributed by atoms with Crippen molar-refractivity contribution >= 4 is 44.2 Å². The fraction of sp³-hybridized carbons (Fsp3) is 0.214. The molecule has 4 heterocycles. The molecule has 1 aliphatic rings. The minimum absolute atomic E-state index is 0.0263. The molecule has 0 spiro atoms. The largest absolute Gasteiger partial charge is 0.457 e. The van der Waals surface area contributed by atoms with E-state index in [1.54, 1.807) is 9.58 Å². The van der Waals surface area contributed by atoms with E-state index in [0.29, 0.717) is 35.4 Å². The molecule has 14 heteroatoms. The number of carbonyl (C=O) groups is 1. The van der Waals surface area contributed by atoms with E-state index in [0.717, 1.165) is 30.2 Å². The average molecular weight is 605 g/mol. The first-order valence-corrected chi connectivity index (χ1v) is 15.3. The van der Waals surface area contributed by atoms with Crippen LogP contribution in [0.25, 0.3) is 22.3 Å². The minimum Gasteiger partial charge on any atom is -0.457 e. The predicted octanol–water partition coefficient (Wildman–Crippen LogP) is 4.19. The normalized spacial score (nSPS) is 15.6. The molecule has 1 saturated heterocycles. The Kier molecular flexibility index (Phi) is 7.21. The fourth-order valence-corrected chi connectivity index (χ4v) is 5.60. The maximum Gasteiger partial charge on any atom is 0.274 e. The van der Waals surface area contributed by atoms with Gasteiger partial charge < -0.3 is 15.4 Å². The number of rotatable bonds is 6. The number of para-hydroxylation sites is 1. The van der Waals surface area contributed by atoms with Gasteiger partial charge in [0.15, 0.2) is 11.3 Å². The molecule has 0 saturated carbocycles. The van der Waals surface area contributed by atoms with Gasteiger partial charge in [0, 0.05) is 24.9 Å². The highest BCUT2D eigenvalue weighted by Crippen LogP contribution is 2.35. The molecular weight excluding hydrogens is 580 g/mol. The third kappa shape index (κ3) is 5.35. The molecule has 2 N–H and O–H groups in total. The summed E-state index contributed by atoms with van der Waals surface area (Å²) in [5, 5.41) is 5.03. The summed E-state index contributed by atoms with van der Waals surface area (Å²) in [7, 11) is -3.73. The second-order valence-corrected chi connectivity index (χ2v) is 12.2. The minimum atomic E-state index is -3.73. The van der Waals surface area contributed by atoms with Gasteiger partial charge in [0.1, 0.15) is 29.3 Å². The van der Waals surface area contributed by atoms with Crippen molar-refractivity contribution < 1.29 is 17.9 Å². The summed E-state index contributed by atoms with van der Waals surface area (Å²) in [6.45, 7) is 0.716. The molecule has 12 nitrogen and oxygen atoms in total. The number of amides is 1. The van der Waals surface area contributed by atoms with Gasteiger partial charge in [-0.3, -0.25) is 4.79 Å². The van der Waals surface area contributed by atoms with Gasteiger partial charge in [0.25, 0.3) is 5.91 Å². The van der Waals surface area contributed by atoms with Crippen LogP contribution in [-0.4, -0.2) is 68.3 Å². The molecule has 2 aromatic carbocycles. The van der Waals surface area contributed by atoms with E-state index in [2.05, 4.69) is 19.9 Å². The highest BCUT2D eigenvalue weighted by Gasteiger charge is 2.31. The summed E-state index contributed by atoms with van der Waals surface area (Å²) < 4.78 is 31.6. The van der Waals surface area contributed by atoms with Crippen LogP contribution in [0.15, 0.2) is 72.3 Å². The summed E-state index contributed by atoms with van der Waals surface area (Å²) in [4.78, 5) is 31.4. The van der Waals surface area contributed by atoms with Crippen LogP contribution in [-0.2, 0) is 9.84 Å². The maximum absolute atomic E-state index is 13.5. The summed E-state index contributed by atoms with van der Waals surface area (Å²) in [6.07, 6.45) is 4.87. The molecular formula is C28H25ClN8O4S. The van der Waals surface area contributed by atoms with E-state index in [-0.39, 0.29) is 29.1 Å². The van der Waals surface area contributed by atoms with Gasteiger partial charge in [0.2, 0.25) is 15.0 Å². The molecule has 1 fully saturated rings. The fourth-order valence-electron chi connectivity index (χ4n) is 4.93. The number of halogens is 1. The van der Waals surface area contributed by atoms with Crippen LogP contribution >= 0.6 is 11.6 Å². The zero-order valence-corrected chi connectivity index (χ0v) is 24.0. The Morgan fingerprint density at radius 2 is 1.79 bits per heavy atom. The topological polar surface area (TPSA) is 159 Å². The smallest absolute Gasteiger partial charge is 0.274 e. The molecule has 0 aliphatic carbocycles. The van der Waals surface area contributed by atoms with Crippen LogP contribution in [0.3, 0.4) is 0 Å². The van der Waals surface area contributed by atoms with Crippen molar-refractivity contribution in [1.29, 1.82) is 0 Å². The van der Waals surface area contributed by atoms with E-state index >= 15 is 0 Å². The van der Waals surface area contributed by atoms with Crippen LogP contribution in [0.2, 0.25) is 5.02 Å². The Morgan fingerprint density at radius 1 is 1.05 bits per heavy atom. The number of piperidine rings is 1. The van der Waals surface area contributed by atoms with Crippen molar-refractivity contribution in [2.75, 3.05) is 25.1 Å². The van der Waals surface area contributed by atoms with Crippen molar-refractivity contribution in [2.45, 2.75) is 24.0 Å². The molecule has 42 heavy (non-hydrogen) atoms. The first-order valence-electron chi connectivity index (χ1n) is 13.0. The number of aromatic nitrogens is 6.